The van der Waals surface area contributed by atoms with Gasteiger partial charge in [-0.1, -0.05) is 77.9 Å². The Labute approximate surface area is 145 Å². The number of hydrogen-bond donors (Lipinski definition) is 0. The summed E-state index contributed by atoms with van der Waals surface area (Å²) in [6, 6.07) is 10.5. The van der Waals surface area contributed by atoms with Gasteiger partial charge in [0.2, 0.25) is 0 Å². The molecule has 0 atom stereocenters. The number of benzene rings is 1. The number of rotatable bonds is 3. The second kappa shape index (κ2) is 7.79. The van der Waals surface area contributed by atoms with E-state index in [0.29, 0.717) is 0 Å². The zero-order valence-corrected chi connectivity index (χ0v) is 14.5. The van der Waals surface area contributed by atoms with Crippen molar-refractivity contribution in [3.63, 3.8) is 0 Å². The molecule has 24 heavy (non-hydrogen) atoms. The maximum atomic E-state index is 2.29. The molecule has 0 radical (unpaired) electrons. The molecule has 0 N–H and O–H groups in total. The van der Waals surface area contributed by atoms with Crippen LogP contribution in [0.4, 0.5) is 0 Å². The van der Waals surface area contributed by atoms with Crippen molar-refractivity contribution in [1.82, 2.24) is 0 Å². The fourth-order valence-corrected chi connectivity index (χ4v) is 3.13. The van der Waals surface area contributed by atoms with Crippen molar-refractivity contribution in [1.29, 1.82) is 0 Å². The van der Waals surface area contributed by atoms with E-state index in [1.165, 1.54) is 33.4 Å². The van der Waals surface area contributed by atoms with Crippen LogP contribution in [-0.4, -0.2) is 0 Å². The van der Waals surface area contributed by atoms with E-state index < -0.39 is 0 Å². The lowest BCUT2D eigenvalue weighted by Crippen LogP contribution is -1.91. The van der Waals surface area contributed by atoms with E-state index in [4.69, 9.17) is 0 Å². The first-order chi connectivity index (χ1) is 11.7. The molecule has 0 unspecified atom stereocenters. The Kier molecular flexibility index (Phi) is 5.28. The third-order valence-corrected chi connectivity index (χ3v) is 4.08. The first-order valence-corrected chi connectivity index (χ1v) is 8.57. The van der Waals surface area contributed by atoms with Gasteiger partial charge in [-0.3, -0.25) is 0 Å². The summed E-state index contributed by atoms with van der Waals surface area (Å²) in [6.45, 7) is 4.41. The quantitative estimate of drug-likeness (QED) is 0.580. The Morgan fingerprint density at radius 2 is 1.46 bits per heavy atom. The Bertz CT molecular complexity index is 769. The molecule has 0 fully saturated rings. The molecule has 0 heteroatoms. The third-order valence-electron chi connectivity index (χ3n) is 4.08. The van der Waals surface area contributed by atoms with Crippen LogP contribution < -0.4 is 0 Å². The van der Waals surface area contributed by atoms with Crippen LogP contribution in [0.15, 0.2) is 107 Å². The molecule has 0 bridgehead atoms. The summed E-state index contributed by atoms with van der Waals surface area (Å²) in [5.74, 6) is 0. The summed E-state index contributed by atoms with van der Waals surface area (Å²) in [7, 11) is 0. The molecule has 0 nitrogen and oxygen atoms in total. The van der Waals surface area contributed by atoms with Gasteiger partial charge in [0.15, 0.2) is 0 Å². The van der Waals surface area contributed by atoms with Gasteiger partial charge in [-0.15, -0.1) is 0 Å². The molecular formula is C24H24. The predicted octanol–water partition coefficient (Wildman–Crippen LogP) is 6.74. The maximum absolute atomic E-state index is 2.29. The van der Waals surface area contributed by atoms with Crippen molar-refractivity contribution in [3.05, 3.63) is 112 Å². The molecule has 120 valence electrons. The summed E-state index contributed by atoms with van der Waals surface area (Å²) in [5, 5.41) is 0. The van der Waals surface area contributed by atoms with Crippen LogP contribution in [-0.2, 0) is 0 Å². The maximum Gasteiger partial charge on any atom is -0.0107 e. The minimum atomic E-state index is 1.03. The molecule has 2 aliphatic carbocycles. The average molecular weight is 312 g/mol. The van der Waals surface area contributed by atoms with Crippen molar-refractivity contribution >= 4 is 6.08 Å². The van der Waals surface area contributed by atoms with Crippen molar-refractivity contribution in [2.24, 2.45) is 0 Å². The van der Waals surface area contributed by atoms with Gasteiger partial charge in [0, 0.05) is 0 Å². The third kappa shape index (κ3) is 4.70. The topological polar surface area (TPSA) is 0 Å². The highest BCUT2D eigenvalue weighted by Gasteiger charge is 2.04. The molecule has 2 aliphatic rings. The second-order valence-corrected chi connectivity index (χ2v) is 6.54. The van der Waals surface area contributed by atoms with E-state index in [-0.39, 0.29) is 0 Å². The lowest BCUT2D eigenvalue weighted by Gasteiger charge is -2.11. The minimum absolute atomic E-state index is 1.03. The van der Waals surface area contributed by atoms with E-state index in [9.17, 15) is 0 Å². The molecule has 0 heterocycles. The Balaban J connectivity index is 2.01. The van der Waals surface area contributed by atoms with Crippen LogP contribution in [0, 0.1) is 0 Å². The Morgan fingerprint density at radius 3 is 2.12 bits per heavy atom. The highest BCUT2D eigenvalue weighted by Crippen LogP contribution is 2.24. The van der Waals surface area contributed by atoms with Crippen LogP contribution in [0.5, 0.6) is 0 Å². The summed E-state index contributed by atoms with van der Waals surface area (Å²) in [6.07, 6.45) is 22.3. The summed E-state index contributed by atoms with van der Waals surface area (Å²) < 4.78 is 0. The molecule has 0 saturated heterocycles. The van der Waals surface area contributed by atoms with Crippen molar-refractivity contribution < 1.29 is 0 Å². The molecule has 1 aromatic rings. The minimum Gasteiger partial charge on any atom is -0.0801 e. The fraction of sp³-hybridized carbons (Fsp3) is 0.167. The van der Waals surface area contributed by atoms with Crippen LogP contribution in [0.2, 0.25) is 0 Å². The lowest BCUT2D eigenvalue weighted by atomic mass is 9.95. The fourth-order valence-electron chi connectivity index (χ4n) is 3.13. The highest BCUT2D eigenvalue weighted by molar-refractivity contribution is 5.63. The largest absolute Gasteiger partial charge is 0.0801 e. The van der Waals surface area contributed by atoms with Crippen LogP contribution in [0.1, 0.15) is 32.3 Å². The van der Waals surface area contributed by atoms with Gasteiger partial charge in [-0.25, -0.2) is 0 Å². The second-order valence-electron chi connectivity index (χ2n) is 6.54. The van der Waals surface area contributed by atoms with Gasteiger partial charge in [0.05, 0.1) is 0 Å². The standard InChI is InChI=1S/C24H24/c1-19-13-20(2)15-23(14-19)18-24(16-21-9-5-3-6-10-21)17-22-11-7-4-8-12-22/h3,5-12,14-18H,4,13H2,1-2H3/b24-16+. The van der Waals surface area contributed by atoms with Gasteiger partial charge in [0.1, 0.15) is 0 Å². The number of allylic oxidation sites excluding steroid dienone is 13. The van der Waals surface area contributed by atoms with Crippen LogP contribution in [0.3, 0.4) is 0 Å². The summed E-state index contributed by atoms with van der Waals surface area (Å²) in [5.41, 5.74) is 7.81. The van der Waals surface area contributed by atoms with Gasteiger partial charge in [-0.2, -0.15) is 0 Å². The van der Waals surface area contributed by atoms with Gasteiger partial charge < -0.3 is 0 Å². The van der Waals surface area contributed by atoms with Gasteiger partial charge in [0.25, 0.3) is 0 Å². The van der Waals surface area contributed by atoms with Crippen LogP contribution >= 0.6 is 0 Å². The smallest absolute Gasteiger partial charge is 0.0107 e. The van der Waals surface area contributed by atoms with E-state index in [0.717, 1.165) is 12.8 Å². The normalized spacial score (nSPS) is 17.5. The Hall–Kier alpha value is -2.60. The first kappa shape index (κ1) is 16.3. The molecule has 0 spiro atoms. The average Bonchev–Trinajstić information content (AvgIpc) is 2.55. The van der Waals surface area contributed by atoms with Crippen molar-refractivity contribution in [3.8, 4) is 0 Å². The summed E-state index contributed by atoms with van der Waals surface area (Å²) >= 11 is 0. The Morgan fingerprint density at radius 1 is 0.833 bits per heavy atom. The SMILES string of the molecule is CC1=CC(=C/C(C=C2C=CCC=C2)=C/c2ccccc2)C=C(C)C1. The molecule has 1 aromatic carbocycles. The monoisotopic (exact) mass is 312 g/mol. The van der Waals surface area contributed by atoms with E-state index in [1.54, 1.807) is 0 Å². The molecule has 0 amide bonds. The number of hydrogen-bond acceptors (Lipinski definition) is 0. The van der Waals surface area contributed by atoms with E-state index in [2.05, 4.69) is 98.9 Å². The van der Waals surface area contributed by atoms with Gasteiger partial charge >= 0.3 is 0 Å². The van der Waals surface area contributed by atoms with Crippen molar-refractivity contribution in [2.75, 3.05) is 0 Å². The first-order valence-electron chi connectivity index (χ1n) is 8.57. The molecule has 0 saturated carbocycles. The van der Waals surface area contributed by atoms with Crippen LogP contribution in [0.25, 0.3) is 6.08 Å². The highest BCUT2D eigenvalue weighted by atomic mass is 14.1. The molecular weight excluding hydrogens is 288 g/mol. The van der Waals surface area contributed by atoms with E-state index in [1.807, 2.05) is 0 Å². The summed E-state index contributed by atoms with van der Waals surface area (Å²) in [4.78, 5) is 0. The predicted molar refractivity (Wildman–Crippen MR) is 106 cm³/mol. The lowest BCUT2D eigenvalue weighted by molar-refractivity contribution is 1.08. The van der Waals surface area contributed by atoms with E-state index >= 15 is 0 Å². The van der Waals surface area contributed by atoms with Gasteiger partial charge in [-0.05, 0) is 67.2 Å². The molecule has 0 aliphatic heterocycles. The zero-order valence-electron chi connectivity index (χ0n) is 14.5. The molecule has 3 rings (SSSR count). The van der Waals surface area contributed by atoms with Crippen molar-refractivity contribution in [2.45, 2.75) is 26.7 Å². The zero-order chi connectivity index (χ0) is 16.8. The molecule has 0 aromatic heterocycles.